The molecule has 1 aromatic rings. The number of hydrogen-bond donors (Lipinski definition) is 1. The molecule has 3 heteroatoms. The van der Waals surface area contributed by atoms with Gasteiger partial charge in [-0.25, -0.2) is 0 Å². The van der Waals surface area contributed by atoms with Crippen molar-refractivity contribution in [1.29, 1.82) is 5.26 Å². The van der Waals surface area contributed by atoms with Gasteiger partial charge in [0, 0.05) is 0 Å². The van der Waals surface area contributed by atoms with E-state index in [0.29, 0.717) is 0 Å². The fraction of sp³-hybridized carbons (Fsp3) is 0.333. The molecule has 2 N–H and O–H groups in total. The molecule has 0 fully saturated rings. The van der Waals surface area contributed by atoms with E-state index >= 15 is 0 Å². The summed E-state index contributed by atoms with van der Waals surface area (Å²) in [4.78, 5) is 8.58. The summed E-state index contributed by atoms with van der Waals surface area (Å²) in [6, 6.07) is 9.74. The molecule has 0 saturated heterocycles. The Hall–Kier alpha value is -1.82. The van der Waals surface area contributed by atoms with E-state index in [1.807, 2.05) is 38.1 Å². The number of aryl methyl sites for hydroxylation is 1. The lowest BCUT2D eigenvalue weighted by Crippen LogP contribution is -1.82. The number of nitriles is 1. The number of benzene rings is 1. The highest BCUT2D eigenvalue weighted by Gasteiger charge is 1.88. The summed E-state index contributed by atoms with van der Waals surface area (Å²) in [5.74, 6) is 0. The van der Waals surface area contributed by atoms with Crippen molar-refractivity contribution in [3.05, 3.63) is 35.4 Å². The minimum absolute atomic E-state index is 0.250. The van der Waals surface area contributed by atoms with Gasteiger partial charge in [-0.15, -0.1) is 0 Å². The second-order valence-electron chi connectivity index (χ2n) is 2.30. The van der Waals surface area contributed by atoms with Gasteiger partial charge in [-0.2, -0.15) is 5.26 Å². The third-order valence-electron chi connectivity index (χ3n) is 1.49. The number of carbonyl (C=O) groups excluding carboxylic acids is 1. The van der Waals surface area contributed by atoms with Crippen LogP contribution in [0.25, 0.3) is 0 Å². The monoisotopic (exact) mass is 206 g/mol. The molecule has 0 unspecified atom stereocenters. The lowest BCUT2D eigenvalue weighted by Gasteiger charge is -1.92. The van der Waals surface area contributed by atoms with Crippen molar-refractivity contribution in [3.8, 4) is 6.07 Å². The third kappa shape index (κ3) is 8.51. The summed E-state index contributed by atoms with van der Waals surface area (Å²) in [5, 5.41) is 8.45. The van der Waals surface area contributed by atoms with E-state index in [9.17, 15) is 0 Å². The van der Waals surface area contributed by atoms with Crippen LogP contribution in [0, 0.1) is 11.3 Å². The first-order valence-corrected chi connectivity index (χ1v) is 4.92. The van der Waals surface area contributed by atoms with Crippen molar-refractivity contribution in [2.45, 2.75) is 27.2 Å². The highest BCUT2D eigenvalue weighted by molar-refractivity contribution is 5.42. The van der Waals surface area contributed by atoms with Crippen molar-refractivity contribution in [3.63, 3.8) is 0 Å². The molecule has 0 aliphatic carbocycles. The first kappa shape index (κ1) is 15.6. The van der Waals surface area contributed by atoms with E-state index in [-0.39, 0.29) is 6.41 Å². The summed E-state index contributed by atoms with van der Waals surface area (Å²) in [5.41, 5.74) is 6.18. The van der Waals surface area contributed by atoms with Crippen LogP contribution in [0.15, 0.2) is 24.3 Å². The van der Waals surface area contributed by atoms with E-state index in [1.54, 1.807) is 0 Å². The molecule has 0 aliphatic heterocycles. The largest absolute Gasteiger partial charge is 0.372 e. The van der Waals surface area contributed by atoms with E-state index in [1.165, 1.54) is 5.56 Å². The highest BCUT2D eigenvalue weighted by atomic mass is 16.1. The number of nitrogens with two attached hydrogens (primary N) is 1. The van der Waals surface area contributed by atoms with Crippen LogP contribution in [0.4, 0.5) is 0 Å². The first-order valence-electron chi connectivity index (χ1n) is 4.92. The van der Waals surface area contributed by atoms with Gasteiger partial charge in [0.15, 0.2) is 0 Å². The van der Waals surface area contributed by atoms with Gasteiger partial charge in [0.25, 0.3) is 0 Å². The van der Waals surface area contributed by atoms with E-state index in [0.717, 1.165) is 12.0 Å². The van der Waals surface area contributed by atoms with Crippen LogP contribution in [-0.4, -0.2) is 6.41 Å². The maximum Gasteiger partial charge on any atom is 0.204 e. The number of nitrogens with zero attached hydrogens (tertiary/aromatic N) is 1. The lowest BCUT2D eigenvalue weighted by molar-refractivity contribution is -0.106. The Morgan fingerprint density at radius 3 is 2.00 bits per heavy atom. The second kappa shape index (κ2) is 12.2. The molecule has 1 amide bonds. The highest BCUT2D eigenvalue weighted by Crippen LogP contribution is 2.02. The Balaban J connectivity index is 0. The minimum Gasteiger partial charge on any atom is -0.372 e. The molecule has 1 aromatic carbocycles. The van der Waals surface area contributed by atoms with E-state index in [4.69, 9.17) is 10.1 Å². The van der Waals surface area contributed by atoms with Crippen LogP contribution in [-0.2, 0) is 11.2 Å². The molecule has 0 atom stereocenters. The van der Waals surface area contributed by atoms with Gasteiger partial charge in [0.1, 0.15) is 0 Å². The maximum absolute atomic E-state index is 8.58. The van der Waals surface area contributed by atoms with Crippen molar-refractivity contribution < 1.29 is 4.79 Å². The van der Waals surface area contributed by atoms with Crippen LogP contribution in [0.5, 0.6) is 0 Å². The van der Waals surface area contributed by atoms with Crippen molar-refractivity contribution in [1.82, 2.24) is 0 Å². The lowest BCUT2D eigenvalue weighted by atomic mass is 10.1. The van der Waals surface area contributed by atoms with E-state index in [2.05, 4.69) is 18.7 Å². The van der Waals surface area contributed by atoms with Gasteiger partial charge in [0.2, 0.25) is 6.41 Å². The molecule has 1 rings (SSSR count). The zero-order valence-electron chi connectivity index (χ0n) is 9.53. The number of rotatable bonds is 1. The Labute approximate surface area is 91.5 Å². The second-order valence-corrected chi connectivity index (χ2v) is 2.30. The minimum atomic E-state index is 0.250. The van der Waals surface area contributed by atoms with Crippen LogP contribution < -0.4 is 5.73 Å². The van der Waals surface area contributed by atoms with Crippen molar-refractivity contribution in [2.75, 3.05) is 0 Å². The van der Waals surface area contributed by atoms with Gasteiger partial charge in [-0.1, -0.05) is 32.9 Å². The summed E-state index contributed by atoms with van der Waals surface area (Å²) >= 11 is 0. The Morgan fingerprint density at radius 1 is 1.33 bits per heavy atom. The normalized spacial score (nSPS) is 7.07. The molecular weight excluding hydrogens is 188 g/mol. The SMILES string of the molecule is CC.CCc1ccc(C#N)cc1.NC=O. The average Bonchev–Trinajstić information content (AvgIpc) is 2.33. The van der Waals surface area contributed by atoms with Crippen molar-refractivity contribution in [2.24, 2.45) is 5.73 Å². The van der Waals surface area contributed by atoms with Crippen molar-refractivity contribution >= 4 is 6.41 Å². The number of hydrogen-bond acceptors (Lipinski definition) is 2. The molecule has 0 bridgehead atoms. The van der Waals surface area contributed by atoms with Gasteiger partial charge in [-0.05, 0) is 24.1 Å². The smallest absolute Gasteiger partial charge is 0.204 e. The summed E-state index contributed by atoms with van der Waals surface area (Å²) in [6.45, 7) is 6.10. The van der Waals surface area contributed by atoms with Gasteiger partial charge in [-0.3, -0.25) is 4.79 Å². The topological polar surface area (TPSA) is 66.9 Å². The first-order chi connectivity index (χ1) is 7.28. The maximum atomic E-state index is 8.58. The summed E-state index contributed by atoms with van der Waals surface area (Å²) in [6.07, 6.45) is 1.28. The van der Waals surface area contributed by atoms with E-state index < -0.39 is 0 Å². The molecule has 0 aliphatic rings. The van der Waals surface area contributed by atoms with Gasteiger partial charge < -0.3 is 5.73 Å². The molecule has 0 spiro atoms. The molecule has 15 heavy (non-hydrogen) atoms. The van der Waals surface area contributed by atoms with Gasteiger partial charge >= 0.3 is 0 Å². The standard InChI is InChI=1S/C9H9N.C2H6.CH3NO/c1-2-8-3-5-9(7-10)6-4-8;1-2;2-1-3/h3-6H,2H2,1H3;1-2H3;1H,(H2,2,3). The molecule has 0 saturated carbocycles. The zero-order chi connectivity index (χ0) is 12.1. The zero-order valence-corrected chi connectivity index (χ0v) is 9.53. The predicted octanol–water partition coefficient (Wildman–Crippen LogP) is 2.25. The van der Waals surface area contributed by atoms with Crippen LogP contribution in [0.2, 0.25) is 0 Å². The molecule has 0 heterocycles. The molecular formula is C12H18N2O. The van der Waals surface area contributed by atoms with Gasteiger partial charge in [0.05, 0.1) is 11.6 Å². The molecule has 0 aromatic heterocycles. The molecule has 82 valence electrons. The Morgan fingerprint density at radius 2 is 1.73 bits per heavy atom. The molecule has 3 nitrogen and oxygen atoms in total. The van der Waals surface area contributed by atoms with Crippen LogP contribution >= 0.6 is 0 Å². The van der Waals surface area contributed by atoms with Crippen LogP contribution in [0.3, 0.4) is 0 Å². The number of primary amides is 1. The Bertz CT molecular complexity index is 285. The predicted molar refractivity (Wildman–Crippen MR) is 62.1 cm³/mol. The Kier molecular flexibility index (Phi) is 12.7. The van der Waals surface area contributed by atoms with Crippen LogP contribution in [0.1, 0.15) is 31.9 Å². The fourth-order valence-corrected chi connectivity index (χ4v) is 0.815. The summed E-state index contributed by atoms with van der Waals surface area (Å²) < 4.78 is 0. The molecule has 0 radical (unpaired) electrons. The quantitative estimate of drug-likeness (QED) is 0.716. The summed E-state index contributed by atoms with van der Waals surface area (Å²) in [7, 11) is 0. The third-order valence-corrected chi connectivity index (χ3v) is 1.49. The fourth-order valence-electron chi connectivity index (χ4n) is 0.815. The number of carbonyl (C=O) groups is 1. The average molecular weight is 206 g/mol. The number of amides is 1.